The van der Waals surface area contributed by atoms with Crippen LogP contribution in [0.25, 0.3) is 10.9 Å². The molecule has 1 aromatic carbocycles. The van der Waals surface area contributed by atoms with Crippen LogP contribution in [0.5, 0.6) is 0 Å². The first-order valence-corrected chi connectivity index (χ1v) is 6.71. The zero-order valence-electron chi connectivity index (χ0n) is 11.8. The van der Waals surface area contributed by atoms with Gasteiger partial charge in [0.25, 0.3) is 5.91 Å². The fourth-order valence-corrected chi connectivity index (χ4v) is 2.32. The molecule has 2 N–H and O–H groups in total. The highest BCUT2D eigenvalue weighted by Crippen LogP contribution is 2.27. The molecule has 0 bridgehead atoms. The van der Waals surface area contributed by atoms with E-state index >= 15 is 0 Å². The highest BCUT2D eigenvalue weighted by Gasteiger charge is 2.41. The summed E-state index contributed by atoms with van der Waals surface area (Å²) in [7, 11) is 0. The zero-order chi connectivity index (χ0) is 15.0. The summed E-state index contributed by atoms with van der Waals surface area (Å²) in [6, 6.07) is 9.24. The molecule has 0 saturated heterocycles. The Balaban J connectivity index is 2.07. The van der Waals surface area contributed by atoms with Crippen LogP contribution >= 0.6 is 0 Å². The summed E-state index contributed by atoms with van der Waals surface area (Å²) in [5.41, 5.74) is -0.143. The molecule has 1 amide bonds. The van der Waals surface area contributed by atoms with Crippen LogP contribution in [0.2, 0.25) is 0 Å². The topological polar surface area (TPSA) is 80.3 Å². The number of amides is 1. The van der Waals surface area contributed by atoms with Crippen molar-refractivity contribution in [2.24, 2.45) is 0 Å². The van der Waals surface area contributed by atoms with Crippen molar-refractivity contribution in [3.8, 4) is 0 Å². The summed E-state index contributed by atoms with van der Waals surface area (Å²) >= 11 is 0. The van der Waals surface area contributed by atoms with Gasteiger partial charge in [0.05, 0.1) is 17.7 Å². The van der Waals surface area contributed by atoms with Gasteiger partial charge in [-0.15, -0.1) is 0 Å². The van der Waals surface area contributed by atoms with Gasteiger partial charge in [-0.1, -0.05) is 18.2 Å². The van der Waals surface area contributed by atoms with Crippen molar-refractivity contribution in [1.29, 1.82) is 0 Å². The number of carbonyl (C=O) groups excluding carboxylic acids is 2. The van der Waals surface area contributed by atoms with E-state index in [1.165, 1.54) is 0 Å². The number of hydrogen-bond donors (Lipinski definition) is 2. The third-order valence-electron chi connectivity index (χ3n) is 3.38. The lowest BCUT2D eigenvalue weighted by Crippen LogP contribution is -2.61. The molecular weight excluding hydrogens is 270 g/mol. The maximum absolute atomic E-state index is 12.3. The molecule has 2 heterocycles. The predicted molar refractivity (Wildman–Crippen MR) is 77.9 cm³/mol. The number of aromatic nitrogens is 1. The zero-order valence-corrected chi connectivity index (χ0v) is 11.8. The Labute approximate surface area is 121 Å². The summed E-state index contributed by atoms with van der Waals surface area (Å²) in [6.45, 7) is 3.51. The van der Waals surface area contributed by atoms with Crippen LogP contribution in [-0.2, 0) is 9.53 Å². The van der Waals surface area contributed by atoms with Crippen LogP contribution in [0.1, 0.15) is 24.2 Å². The van der Waals surface area contributed by atoms with Gasteiger partial charge in [0.2, 0.25) is 5.66 Å². The number of esters is 1. The summed E-state index contributed by atoms with van der Waals surface area (Å²) in [5.74, 6) is -0.510. The third-order valence-corrected chi connectivity index (χ3v) is 3.38. The number of rotatable bonds is 2. The number of pyridine rings is 1. The van der Waals surface area contributed by atoms with Crippen molar-refractivity contribution in [3.63, 3.8) is 0 Å². The van der Waals surface area contributed by atoms with Gasteiger partial charge >= 0.3 is 5.97 Å². The second kappa shape index (κ2) is 4.73. The standard InChI is InChI=1S/C15H15N3O3/c1-3-21-14(20)15(2)17-12-10(13(19)18-15)8-9-6-4-5-7-11(9)16-12/h4-8H,3H2,1-2H3,(H,16,17)(H,18,19). The van der Waals surface area contributed by atoms with Gasteiger partial charge < -0.3 is 15.4 Å². The average molecular weight is 285 g/mol. The van der Waals surface area contributed by atoms with E-state index in [0.29, 0.717) is 11.4 Å². The number of fused-ring (bicyclic) bond motifs is 2. The number of carbonyl (C=O) groups is 2. The minimum absolute atomic E-state index is 0.240. The number of ether oxygens (including phenoxy) is 1. The SMILES string of the molecule is CCOC(=O)C1(C)NC(=O)c2cc3ccccc3nc2N1. The molecule has 1 unspecified atom stereocenters. The predicted octanol–water partition coefficient (Wildman–Crippen LogP) is 1.67. The molecule has 0 fully saturated rings. The Hall–Kier alpha value is -2.63. The number of nitrogens with one attached hydrogen (secondary N) is 2. The smallest absolute Gasteiger partial charge is 0.352 e. The van der Waals surface area contributed by atoms with Crippen LogP contribution in [0, 0.1) is 0 Å². The molecule has 3 rings (SSSR count). The van der Waals surface area contributed by atoms with Gasteiger partial charge in [0.1, 0.15) is 5.82 Å². The van der Waals surface area contributed by atoms with Gasteiger partial charge in [-0.3, -0.25) is 4.79 Å². The maximum atomic E-state index is 12.3. The number of nitrogens with zero attached hydrogens (tertiary/aromatic N) is 1. The molecule has 0 spiro atoms. The lowest BCUT2D eigenvalue weighted by atomic mass is 10.0. The van der Waals surface area contributed by atoms with Crippen molar-refractivity contribution in [2.45, 2.75) is 19.5 Å². The van der Waals surface area contributed by atoms with E-state index in [4.69, 9.17) is 4.74 Å². The fraction of sp³-hybridized carbons (Fsp3) is 0.267. The number of hydrogen-bond acceptors (Lipinski definition) is 5. The minimum Gasteiger partial charge on any atom is -0.463 e. The summed E-state index contributed by atoms with van der Waals surface area (Å²) in [4.78, 5) is 28.7. The molecule has 6 heteroatoms. The monoisotopic (exact) mass is 285 g/mol. The second-order valence-electron chi connectivity index (χ2n) is 5.00. The Morgan fingerprint density at radius 1 is 1.33 bits per heavy atom. The second-order valence-corrected chi connectivity index (χ2v) is 5.00. The minimum atomic E-state index is -1.31. The highest BCUT2D eigenvalue weighted by molar-refractivity contribution is 6.07. The van der Waals surface area contributed by atoms with Gasteiger partial charge in [0, 0.05) is 5.39 Å². The molecule has 0 saturated carbocycles. The highest BCUT2D eigenvalue weighted by atomic mass is 16.5. The van der Waals surface area contributed by atoms with Crippen LogP contribution in [0.4, 0.5) is 5.82 Å². The van der Waals surface area contributed by atoms with Crippen LogP contribution in [-0.4, -0.2) is 29.1 Å². The number of benzene rings is 1. The molecule has 1 aromatic heterocycles. The number of anilines is 1. The third kappa shape index (κ3) is 2.18. The molecular formula is C15H15N3O3. The van der Waals surface area contributed by atoms with E-state index in [1.54, 1.807) is 19.9 Å². The lowest BCUT2D eigenvalue weighted by molar-refractivity contribution is -0.148. The van der Waals surface area contributed by atoms with Crippen molar-refractivity contribution in [1.82, 2.24) is 10.3 Å². The van der Waals surface area contributed by atoms with E-state index in [9.17, 15) is 9.59 Å². The molecule has 1 atom stereocenters. The lowest BCUT2D eigenvalue weighted by Gasteiger charge is -2.34. The van der Waals surface area contributed by atoms with E-state index in [2.05, 4.69) is 15.6 Å². The average Bonchev–Trinajstić information content (AvgIpc) is 2.46. The molecule has 1 aliphatic rings. The maximum Gasteiger partial charge on any atom is 0.352 e. The van der Waals surface area contributed by atoms with Crippen molar-refractivity contribution in [3.05, 3.63) is 35.9 Å². The number of para-hydroxylation sites is 1. The van der Waals surface area contributed by atoms with Gasteiger partial charge in [-0.25, -0.2) is 9.78 Å². The quantitative estimate of drug-likeness (QED) is 0.820. The van der Waals surface area contributed by atoms with Gasteiger partial charge in [-0.2, -0.15) is 0 Å². The molecule has 108 valence electrons. The molecule has 0 aliphatic carbocycles. The molecule has 1 aliphatic heterocycles. The Kier molecular flexibility index (Phi) is 3.01. The largest absolute Gasteiger partial charge is 0.463 e. The van der Waals surface area contributed by atoms with Gasteiger partial charge in [0.15, 0.2) is 0 Å². The van der Waals surface area contributed by atoms with Crippen LogP contribution in [0.15, 0.2) is 30.3 Å². The van der Waals surface area contributed by atoms with Crippen LogP contribution in [0.3, 0.4) is 0 Å². The Morgan fingerprint density at radius 2 is 2.10 bits per heavy atom. The van der Waals surface area contributed by atoms with Crippen molar-refractivity contribution < 1.29 is 14.3 Å². The molecule has 21 heavy (non-hydrogen) atoms. The van der Waals surface area contributed by atoms with E-state index in [1.807, 2.05) is 24.3 Å². The summed E-state index contributed by atoms with van der Waals surface area (Å²) in [6.07, 6.45) is 0. The Bertz CT molecular complexity index is 744. The molecule has 6 nitrogen and oxygen atoms in total. The summed E-state index contributed by atoms with van der Waals surface area (Å²) in [5, 5.41) is 6.46. The van der Waals surface area contributed by atoms with Gasteiger partial charge in [-0.05, 0) is 26.0 Å². The first-order chi connectivity index (χ1) is 10.0. The molecule has 2 aromatic rings. The normalized spacial score (nSPS) is 20.4. The van der Waals surface area contributed by atoms with E-state index < -0.39 is 11.6 Å². The first kappa shape index (κ1) is 13.4. The van der Waals surface area contributed by atoms with E-state index in [-0.39, 0.29) is 12.5 Å². The van der Waals surface area contributed by atoms with Crippen LogP contribution < -0.4 is 10.6 Å². The Morgan fingerprint density at radius 3 is 2.86 bits per heavy atom. The summed E-state index contributed by atoms with van der Waals surface area (Å²) < 4.78 is 4.99. The molecule has 0 radical (unpaired) electrons. The first-order valence-electron chi connectivity index (χ1n) is 6.71. The fourth-order valence-electron chi connectivity index (χ4n) is 2.32. The van der Waals surface area contributed by atoms with Crippen molar-refractivity contribution >= 4 is 28.6 Å². The van der Waals surface area contributed by atoms with E-state index in [0.717, 1.165) is 10.9 Å². The van der Waals surface area contributed by atoms with Crippen molar-refractivity contribution in [2.75, 3.05) is 11.9 Å².